The number of nitrogens with zero attached hydrogens (tertiary/aromatic N) is 1. The molecule has 0 fully saturated rings. The highest BCUT2D eigenvalue weighted by molar-refractivity contribution is 7.80. The number of likely N-dealkylation sites (N-methyl/N-ethyl adjacent to an activating group) is 1. The largest absolute Gasteiger partial charge is 0.490 e. The van der Waals surface area contributed by atoms with Crippen LogP contribution in [0.2, 0.25) is 0 Å². The smallest absolute Gasteiger partial charge is 0.330 e. The maximum atomic E-state index is 11.4. The van der Waals surface area contributed by atoms with Gasteiger partial charge < -0.3 is 25.0 Å². The first-order valence-corrected chi connectivity index (χ1v) is 10.7. The van der Waals surface area contributed by atoms with Crippen LogP contribution in [-0.4, -0.2) is 55.9 Å². The molecule has 29 heavy (non-hydrogen) atoms. The molecule has 0 heterocycles. The summed E-state index contributed by atoms with van der Waals surface area (Å²) >= 11 is 5.43. The van der Waals surface area contributed by atoms with E-state index in [0.29, 0.717) is 11.7 Å². The summed E-state index contributed by atoms with van der Waals surface area (Å²) in [6.45, 7) is 10.7. The van der Waals surface area contributed by atoms with Gasteiger partial charge in [-0.25, -0.2) is 4.79 Å². The minimum Gasteiger partial charge on any atom is -0.490 e. The summed E-state index contributed by atoms with van der Waals surface area (Å²) in [4.78, 5) is 13.7. The number of anilines is 1. The summed E-state index contributed by atoms with van der Waals surface area (Å²) in [6.07, 6.45) is 6.51. The highest BCUT2D eigenvalue weighted by Gasteiger charge is 2.08. The van der Waals surface area contributed by atoms with E-state index in [2.05, 4.69) is 41.0 Å². The molecule has 0 radical (unpaired) electrons. The zero-order valence-electron chi connectivity index (χ0n) is 18.1. The van der Waals surface area contributed by atoms with E-state index in [9.17, 15) is 4.79 Å². The molecule has 0 aliphatic heterocycles. The Hall–Kier alpha value is -2.12. The summed E-state index contributed by atoms with van der Waals surface area (Å²) in [5, 5.41) is 7.02. The predicted octanol–water partition coefficient (Wildman–Crippen LogP) is 4.07. The van der Waals surface area contributed by atoms with Crippen LogP contribution in [0.5, 0.6) is 5.75 Å². The third-order valence-corrected chi connectivity index (χ3v) is 4.74. The van der Waals surface area contributed by atoms with Crippen LogP contribution in [0, 0.1) is 0 Å². The Kier molecular flexibility index (Phi) is 12.7. The van der Waals surface area contributed by atoms with Crippen LogP contribution >= 0.6 is 12.2 Å². The molecule has 1 aromatic carbocycles. The highest BCUT2D eigenvalue weighted by atomic mass is 32.1. The van der Waals surface area contributed by atoms with Crippen molar-refractivity contribution in [1.29, 1.82) is 0 Å². The van der Waals surface area contributed by atoms with Crippen molar-refractivity contribution >= 4 is 35.1 Å². The number of hydrogen-bond donors (Lipinski definition) is 2. The average molecular weight is 422 g/mol. The first-order chi connectivity index (χ1) is 14.0. The molecule has 0 saturated carbocycles. The SMILES string of the molecule is CCCCCNC(=S)Nc1cc(/C=C/C(=O)OC)ccc1OCCN(CC)CC. The molecule has 0 aliphatic rings. The lowest BCUT2D eigenvalue weighted by atomic mass is 10.1. The normalized spacial score (nSPS) is 10.9. The molecule has 0 aromatic heterocycles. The number of rotatable bonds is 13. The second-order valence-electron chi connectivity index (χ2n) is 6.58. The van der Waals surface area contributed by atoms with Crippen molar-refractivity contribution in [3.05, 3.63) is 29.8 Å². The number of nitrogens with one attached hydrogen (secondary N) is 2. The zero-order chi connectivity index (χ0) is 21.5. The molecule has 6 nitrogen and oxygen atoms in total. The number of thiocarbonyl (C=S) groups is 1. The van der Waals surface area contributed by atoms with Gasteiger partial charge >= 0.3 is 5.97 Å². The van der Waals surface area contributed by atoms with E-state index in [1.807, 2.05) is 18.2 Å². The van der Waals surface area contributed by atoms with E-state index in [4.69, 9.17) is 17.0 Å². The molecule has 0 atom stereocenters. The molecule has 0 amide bonds. The Morgan fingerprint density at radius 2 is 1.97 bits per heavy atom. The number of benzene rings is 1. The summed E-state index contributed by atoms with van der Waals surface area (Å²) in [7, 11) is 1.36. The number of unbranched alkanes of at least 4 members (excludes halogenated alkanes) is 2. The fourth-order valence-corrected chi connectivity index (χ4v) is 2.89. The van der Waals surface area contributed by atoms with Crippen molar-refractivity contribution in [2.75, 3.05) is 45.2 Å². The van der Waals surface area contributed by atoms with E-state index < -0.39 is 5.97 Å². The number of hydrogen-bond acceptors (Lipinski definition) is 5. The van der Waals surface area contributed by atoms with Crippen LogP contribution < -0.4 is 15.4 Å². The molecular weight excluding hydrogens is 386 g/mol. The molecule has 162 valence electrons. The maximum Gasteiger partial charge on any atom is 0.330 e. The molecule has 1 rings (SSSR count). The first-order valence-electron chi connectivity index (χ1n) is 10.3. The molecular formula is C22H35N3O3S. The van der Waals surface area contributed by atoms with Crippen LogP contribution in [0.15, 0.2) is 24.3 Å². The maximum absolute atomic E-state index is 11.4. The topological polar surface area (TPSA) is 62.8 Å². The molecule has 0 spiro atoms. The number of methoxy groups -OCH3 is 1. The third kappa shape index (κ3) is 10.3. The van der Waals surface area contributed by atoms with Crippen LogP contribution in [0.25, 0.3) is 6.08 Å². The molecule has 0 unspecified atom stereocenters. The molecule has 0 aliphatic carbocycles. The van der Waals surface area contributed by atoms with E-state index >= 15 is 0 Å². The Bertz CT molecular complexity index is 661. The Morgan fingerprint density at radius 3 is 2.62 bits per heavy atom. The van der Waals surface area contributed by atoms with Gasteiger partial charge in [0.1, 0.15) is 12.4 Å². The highest BCUT2D eigenvalue weighted by Crippen LogP contribution is 2.26. The fraction of sp³-hybridized carbons (Fsp3) is 0.545. The van der Waals surface area contributed by atoms with Crippen LogP contribution in [0.1, 0.15) is 45.6 Å². The van der Waals surface area contributed by atoms with Crippen LogP contribution in [-0.2, 0) is 9.53 Å². The lowest BCUT2D eigenvalue weighted by molar-refractivity contribution is -0.134. The summed E-state index contributed by atoms with van der Waals surface area (Å²) < 4.78 is 10.7. The van der Waals surface area contributed by atoms with Crippen molar-refractivity contribution in [3.8, 4) is 5.75 Å². The minimum absolute atomic E-state index is 0.396. The Morgan fingerprint density at radius 1 is 1.21 bits per heavy atom. The number of carbonyl (C=O) groups excluding carboxylic acids is 1. The summed E-state index contributed by atoms with van der Waals surface area (Å²) in [5.41, 5.74) is 1.62. The first kappa shape index (κ1) is 24.9. The lowest BCUT2D eigenvalue weighted by Gasteiger charge is -2.20. The molecule has 7 heteroatoms. The summed E-state index contributed by atoms with van der Waals surface area (Å²) in [5.74, 6) is 0.331. The van der Waals surface area contributed by atoms with Gasteiger partial charge in [-0.3, -0.25) is 0 Å². The van der Waals surface area contributed by atoms with Gasteiger partial charge in [0.25, 0.3) is 0 Å². The quantitative estimate of drug-likeness (QED) is 0.215. The van der Waals surface area contributed by atoms with Crippen molar-refractivity contribution in [2.24, 2.45) is 0 Å². The van der Waals surface area contributed by atoms with Gasteiger partial charge in [-0.05, 0) is 55.5 Å². The van der Waals surface area contributed by atoms with E-state index in [-0.39, 0.29) is 0 Å². The van der Waals surface area contributed by atoms with Gasteiger partial charge in [0.2, 0.25) is 0 Å². The monoisotopic (exact) mass is 421 g/mol. The lowest BCUT2D eigenvalue weighted by Crippen LogP contribution is -2.30. The average Bonchev–Trinajstić information content (AvgIpc) is 2.73. The van der Waals surface area contributed by atoms with Crippen molar-refractivity contribution in [2.45, 2.75) is 40.0 Å². The van der Waals surface area contributed by atoms with E-state index in [1.165, 1.54) is 26.0 Å². The fourth-order valence-electron chi connectivity index (χ4n) is 2.68. The number of ether oxygens (including phenoxy) is 2. The van der Waals surface area contributed by atoms with Crippen molar-refractivity contribution in [1.82, 2.24) is 10.2 Å². The van der Waals surface area contributed by atoms with Gasteiger partial charge in [-0.2, -0.15) is 0 Å². The Balaban J connectivity index is 2.84. The Labute approximate surface area is 180 Å². The number of carbonyl (C=O) groups is 1. The third-order valence-electron chi connectivity index (χ3n) is 4.49. The number of esters is 1. The zero-order valence-corrected chi connectivity index (χ0v) is 18.9. The predicted molar refractivity (Wildman–Crippen MR) is 125 cm³/mol. The van der Waals surface area contributed by atoms with Crippen LogP contribution in [0.3, 0.4) is 0 Å². The van der Waals surface area contributed by atoms with Crippen LogP contribution in [0.4, 0.5) is 5.69 Å². The molecule has 0 bridgehead atoms. The second kappa shape index (κ2) is 14.8. The van der Waals surface area contributed by atoms with Crippen molar-refractivity contribution < 1.29 is 14.3 Å². The van der Waals surface area contributed by atoms with E-state index in [0.717, 1.165) is 49.6 Å². The van der Waals surface area contributed by atoms with Gasteiger partial charge in [0.05, 0.1) is 12.8 Å². The molecule has 0 saturated heterocycles. The van der Waals surface area contributed by atoms with E-state index in [1.54, 1.807) is 6.08 Å². The van der Waals surface area contributed by atoms with Gasteiger partial charge in [-0.1, -0.05) is 39.7 Å². The molecule has 2 N–H and O–H groups in total. The second-order valence-corrected chi connectivity index (χ2v) is 6.98. The standard InChI is InChI=1S/C22H35N3O3S/c1-5-8-9-14-23-22(29)24-19-17-18(11-13-21(26)27-4)10-12-20(19)28-16-15-25(6-2)7-3/h10-13,17H,5-9,14-16H2,1-4H3,(H2,23,24,29)/b13-11+. The van der Waals surface area contributed by atoms with Gasteiger partial charge in [0.15, 0.2) is 5.11 Å². The van der Waals surface area contributed by atoms with Gasteiger partial charge in [-0.15, -0.1) is 0 Å². The minimum atomic E-state index is -0.396. The van der Waals surface area contributed by atoms with Gasteiger partial charge in [0, 0.05) is 19.2 Å². The molecule has 1 aromatic rings. The van der Waals surface area contributed by atoms with Crippen molar-refractivity contribution in [3.63, 3.8) is 0 Å². The summed E-state index contributed by atoms with van der Waals surface area (Å²) in [6, 6.07) is 5.70.